The molecule has 3 aromatic heterocycles. The summed E-state index contributed by atoms with van der Waals surface area (Å²) in [6.07, 6.45) is 6.72. The Morgan fingerprint density at radius 3 is 2.50 bits per heavy atom. The van der Waals surface area contributed by atoms with Gasteiger partial charge in [0.2, 0.25) is 0 Å². The van der Waals surface area contributed by atoms with Crippen LogP contribution in [0.2, 0.25) is 5.02 Å². The van der Waals surface area contributed by atoms with Crippen molar-refractivity contribution in [3.8, 4) is 11.4 Å². The third-order valence-electron chi connectivity index (χ3n) is 3.46. The zero-order valence-corrected chi connectivity index (χ0v) is 13.4. The summed E-state index contributed by atoms with van der Waals surface area (Å²) < 4.78 is 0. The number of nitrogens with two attached hydrogens (primary N) is 1. The summed E-state index contributed by atoms with van der Waals surface area (Å²) >= 11 is 6.17. The topological polar surface area (TPSA) is 77.6 Å². The molecule has 5 nitrogen and oxygen atoms in total. The molecule has 0 saturated carbocycles. The van der Waals surface area contributed by atoms with Crippen molar-refractivity contribution in [3.05, 3.63) is 41.4 Å². The Kier molecular flexibility index (Phi) is 3.45. The highest BCUT2D eigenvalue weighted by atomic mass is 35.5. The molecule has 0 unspecified atom stereocenters. The number of hydrogen-bond donors (Lipinski definition) is 1. The van der Waals surface area contributed by atoms with E-state index in [4.69, 9.17) is 17.3 Å². The van der Waals surface area contributed by atoms with Gasteiger partial charge >= 0.3 is 0 Å². The molecule has 0 amide bonds. The van der Waals surface area contributed by atoms with Gasteiger partial charge in [0, 0.05) is 29.5 Å². The maximum Gasteiger partial charge on any atom is 0.163 e. The molecule has 0 atom stereocenters. The Labute approximate surface area is 133 Å². The lowest BCUT2D eigenvalue weighted by Gasteiger charge is -2.21. The van der Waals surface area contributed by atoms with E-state index < -0.39 is 0 Å². The van der Waals surface area contributed by atoms with E-state index in [0.29, 0.717) is 27.7 Å². The SMILES string of the molecule is CC(C)(C)c1cncc2nc(-c3ccncc3Cl)nc(N)c12. The van der Waals surface area contributed by atoms with E-state index in [1.807, 2.05) is 6.20 Å². The number of hydrogen-bond acceptors (Lipinski definition) is 5. The lowest BCUT2D eigenvalue weighted by Crippen LogP contribution is -2.14. The van der Waals surface area contributed by atoms with Crippen molar-refractivity contribution in [2.75, 3.05) is 5.73 Å². The van der Waals surface area contributed by atoms with Gasteiger partial charge in [-0.05, 0) is 17.0 Å². The second-order valence-electron chi connectivity index (χ2n) is 6.12. The monoisotopic (exact) mass is 313 g/mol. The minimum Gasteiger partial charge on any atom is -0.383 e. The molecule has 0 bridgehead atoms. The summed E-state index contributed by atoms with van der Waals surface area (Å²) in [6, 6.07) is 1.77. The number of pyridine rings is 2. The molecular weight excluding hydrogens is 298 g/mol. The molecule has 22 heavy (non-hydrogen) atoms. The fourth-order valence-corrected chi connectivity index (χ4v) is 2.56. The van der Waals surface area contributed by atoms with Gasteiger partial charge < -0.3 is 5.73 Å². The van der Waals surface area contributed by atoms with Crippen molar-refractivity contribution in [1.29, 1.82) is 0 Å². The molecule has 0 spiro atoms. The lowest BCUT2D eigenvalue weighted by atomic mass is 9.86. The lowest BCUT2D eigenvalue weighted by molar-refractivity contribution is 0.593. The molecule has 0 radical (unpaired) electrons. The predicted molar refractivity (Wildman–Crippen MR) is 88.7 cm³/mol. The summed E-state index contributed by atoms with van der Waals surface area (Å²) in [6.45, 7) is 6.32. The molecule has 2 N–H and O–H groups in total. The van der Waals surface area contributed by atoms with Crippen LogP contribution in [-0.4, -0.2) is 19.9 Å². The fourth-order valence-electron chi connectivity index (χ4n) is 2.36. The maximum atomic E-state index is 6.20. The van der Waals surface area contributed by atoms with Gasteiger partial charge in [-0.3, -0.25) is 9.97 Å². The highest BCUT2D eigenvalue weighted by Crippen LogP contribution is 2.33. The molecular formula is C16H16ClN5. The van der Waals surface area contributed by atoms with E-state index in [2.05, 4.69) is 40.7 Å². The summed E-state index contributed by atoms with van der Waals surface area (Å²) in [7, 11) is 0. The van der Waals surface area contributed by atoms with Crippen molar-refractivity contribution >= 4 is 28.3 Å². The van der Waals surface area contributed by atoms with E-state index in [0.717, 1.165) is 10.9 Å². The quantitative estimate of drug-likeness (QED) is 0.742. The van der Waals surface area contributed by atoms with Crippen LogP contribution in [0.3, 0.4) is 0 Å². The molecule has 112 valence electrons. The number of rotatable bonds is 1. The molecule has 6 heteroatoms. The summed E-state index contributed by atoms with van der Waals surface area (Å²) in [4.78, 5) is 17.3. The van der Waals surface area contributed by atoms with E-state index in [1.165, 1.54) is 0 Å². The standard InChI is InChI=1S/C16H16ClN5/c1-16(2,3)10-6-20-8-12-13(10)14(18)22-15(21-12)9-4-5-19-7-11(9)17/h4-8H,1-3H3,(H2,18,21,22). The zero-order chi connectivity index (χ0) is 15.9. The van der Waals surface area contributed by atoms with Gasteiger partial charge in [-0.25, -0.2) is 9.97 Å². The van der Waals surface area contributed by atoms with Crippen LogP contribution in [0.1, 0.15) is 26.3 Å². The maximum absolute atomic E-state index is 6.20. The van der Waals surface area contributed by atoms with Crippen molar-refractivity contribution in [3.63, 3.8) is 0 Å². The van der Waals surface area contributed by atoms with Crippen LogP contribution < -0.4 is 5.73 Å². The van der Waals surface area contributed by atoms with Crippen LogP contribution in [0, 0.1) is 0 Å². The number of halogens is 1. The molecule has 0 aliphatic carbocycles. The molecule has 0 saturated heterocycles. The first kappa shape index (κ1) is 14.7. The average Bonchev–Trinajstić information content (AvgIpc) is 2.46. The van der Waals surface area contributed by atoms with Gasteiger partial charge in [0.25, 0.3) is 0 Å². The van der Waals surface area contributed by atoms with E-state index >= 15 is 0 Å². The van der Waals surface area contributed by atoms with Gasteiger partial charge in [0.05, 0.1) is 16.7 Å². The van der Waals surface area contributed by atoms with Crippen molar-refractivity contribution in [1.82, 2.24) is 19.9 Å². The Bertz CT molecular complexity index is 855. The van der Waals surface area contributed by atoms with Gasteiger partial charge in [-0.15, -0.1) is 0 Å². The van der Waals surface area contributed by atoms with Crippen LogP contribution in [0.15, 0.2) is 30.9 Å². The van der Waals surface area contributed by atoms with Crippen molar-refractivity contribution in [2.24, 2.45) is 0 Å². The third kappa shape index (κ3) is 2.48. The van der Waals surface area contributed by atoms with Crippen LogP contribution in [-0.2, 0) is 5.41 Å². The minimum absolute atomic E-state index is 0.0974. The van der Waals surface area contributed by atoms with E-state index in [-0.39, 0.29) is 5.41 Å². The minimum atomic E-state index is -0.0974. The molecule has 3 aromatic rings. The first-order valence-corrected chi connectivity index (χ1v) is 7.27. The van der Waals surface area contributed by atoms with Gasteiger partial charge in [-0.1, -0.05) is 32.4 Å². The largest absolute Gasteiger partial charge is 0.383 e. The van der Waals surface area contributed by atoms with Crippen molar-refractivity contribution in [2.45, 2.75) is 26.2 Å². The summed E-state index contributed by atoms with van der Waals surface area (Å²) in [5.74, 6) is 0.908. The Hall–Kier alpha value is -2.27. The first-order valence-electron chi connectivity index (χ1n) is 6.89. The molecule has 0 fully saturated rings. The van der Waals surface area contributed by atoms with Crippen LogP contribution >= 0.6 is 11.6 Å². The Balaban J connectivity index is 2.30. The molecule has 0 aliphatic heterocycles. The number of aromatic nitrogens is 4. The smallest absolute Gasteiger partial charge is 0.163 e. The second-order valence-corrected chi connectivity index (χ2v) is 6.53. The number of anilines is 1. The van der Waals surface area contributed by atoms with Gasteiger partial charge in [0.1, 0.15) is 5.82 Å². The fraction of sp³-hybridized carbons (Fsp3) is 0.250. The normalized spacial score (nSPS) is 11.8. The highest BCUT2D eigenvalue weighted by molar-refractivity contribution is 6.33. The van der Waals surface area contributed by atoms with Crippen LogP contribution in [0.5, 0.6) is 0 Å². The predicted octanol–water partition coefficient (Wildman–Crippen LogP) is 3.62. The van der Waals surface area contributed by atoms with Crippen LogP contribution in [0.4, 0.5) is 5.82 Å². The number of nitrogen functional groups attached to an aromatic ring is 1. The summed E-state index contributed by atoms with van der Waals surface area (Å²) in [5, 5.41) is 1.33. The summed E-state index contributed by atoms with van der Waals surface area (Å²) in [5.41, 5.74) is 8.54. The average molecular weight is 314 g/mol. The molecule has 3 rings (SSSR count). The first-order chi connectivity index (χ1) is 10.4. The molecule has 0 aliphatic rings. The van der Waals surface area contributed by atoms with Gasteiger partial charge in [-0.2, -0.15) is 0 Å². The van der Waals surface area contributed by atoms with E-state index in [9.17, 15) is 0 Å². The number of nitrogens with zero attached hydrogens (tertiary/aromatic N) is 4. The molecule has 3 heterocycles. The molecule has 0 aromatic carbocycles. The highest BCUT2D eigenvalue weighted by Gasteiger charge is 2.21. The second kappa shape index (κ2) is 5.18. The van der Waals surface area contributed by atoms with Crippen molar-refractivity contribution < 1.29 is 0 Å². The Morgan fingerprint density at radius 2 is 1.82 bits per heavy atom. The van der Waals surface area contributed by atoms with E-state index in [1.54, 1.807) is 24.7 Å². The van der Waals surface area contributed by atoms with Gasteiger partial charge in [0.15, 0.2) is 5.82 Å². The third-order valence-corrected chi connectivity index (χ3v) is 3.76. The van der Waals surface area contributed by atoms with Crippen LogP contribution in [0.25, 0.3) is 22.3 Å². The number of fused-ring (bicyclic) bond motifs is 1. The Morgan fingerprint density at radius 1 is 1.05 bits per heavy atom. The zero-order valence-electron chi connectivity index (χ0n) is 12.6.